The molecule has 3 nitrogen and oxygen atoms in total. The first kappa shape index (κ1) is 10.3. The van der Waals surface area contributed by atoms with Crippen molar-refractivity contribution in [2.75, 3.05) is 0 Å². The SMILES string of the molecule is CC(N)=CC(=O)OCc1ccccc1. The molecule has 74 valence electrons. The number of hydrogen-bond acceptors (Lipinski definition) is 3. The minimum atomic E-state index is -0.408. The predicted octanol–water partition coefficient (Wildman–Crippen LogP) is 1.59. The molecule has 2 N–H and O–H groups in total. The van der Waals surface area contributed by atoms with Crippen molar-refractivity contribution in [1.29, 1.82) is 0 Å². The van der Waals surface area contributed by atoms with Crippen LogP contribution in [0.15, 0.2) is 42.1 Å². The van der Waals surface area contributed by atoms with Gasteiger partial charge in [0.15, 0.2) is 0 Å². The molecular weight excluding hydrogens is 178 g/mol. The van der Waals surface area contributed by atoms with E-state index in [1.165, 1.54) is 6.08 Å². The summed E-state index contributed by atoms with van der Waals surface area (Å²) in [6, 6.07) is 9.49. The van der Waals surface area contributed by atoms with Crippen LogP contribution in [0.25, 0.3) is 0 Å². The standard InChI is InChI=1S/C11H13NO2/c1-9(12)7-11(13)14-8-10-5-3-2-4-6-10/h2-7H,8,12H2,1H3. The van der Waals surface area contributed by atoms with Crippen LogP contribution < -0.4 is 5.73 Å². The summed E-state index contributed by atoms with van der Waals surface area (Å²) in [7, 11) is 0. The first-order valence-corrected chi connectivity index (χ1v) is 4.33. The van der Waals surface area contributed by atoms with Crippen LogP contribution >= 0.6 is 0 Å². The van der Waals surface area contributed by atoms with Gasteiger partial charge in [-0.2, -0.15) is 0 Å². The Balaban J connectivity index is 2.42. The molecular formula is C11H13NO2. The number of benzene rings is 1. The van der Waals surface area contributed by atoms with Crippen LogP contribution in [-0.4, -0.2) is 5.97 Å². The summed E-state index contributed by atoms with van der Waals surface area (Å²) in [5, 5.41) is 0. The second-order valence-corrected chi connectivity index (χ2v) is 2.98. The van der Waals surface area contributed by atoms with E-state index in [2.05, 4.69) is 0 Å². The van der Waals surface area contributed by atoms with Gasteiger partial charge in [0.1, 0.15) is 6.61 Å². The van der Waals surface area contributed by atoms with Crippen LogP contribution in [0.1, 0.15) is 12.5 Å². The Morgan fingerprint density at radius 2 is 2.07 bits per heavy atom. The lowest BCUT2D eigenvalue weighted by molar-refractivity contribution is -0.139. The van der Waals surface area contributed by atoms with Gasteiger partial charge in [0.05, 0.1) is 0 Å². The number of ether oxygens (including phenoxy) is 1. The molecule has 0 heterocycles. The highest BCUT2D eigenvalue weighted by molar-refractivity contribution is 5.82. The normalized spacial score (nSPS) is 11.1. The van der Waals surface area contributed by atoms with E-state index in [-0.39, 0.29) is 6.61 Å². The van der Waals surface area contributed by atoms with E-state index in [9.17, 15) is 4.79 Å². The van der Waals surface area contributed by atoms with E-state index < -0.39 is 5.97 Å². The topological polar surface area (TPSA) is 52.3 Å². The van der Waals surface area contributed by atoms with Gasteiger partial charge < -0.3 is 10.5 Å². The Bertz CT molecular complexity index is 326. The number of allylic oxidation sites excluding steroid dienone is 1. The molecule has 0 unspecified atom stereocenters. The number of nitrogens with two attached hydrogens (primary N) is 1. The second kappa shape index (κ2) is 5.07. The van der Waals surface area contributed by atoms with Gasteiger partial charge in [0, 0.05) is 11.8 Å². The maximum Gasteiger partial charge on any atom is 0.332 e. The highest BCUT2D eigenvalue weighted by Crippen LogP contribution is 2.00. The largest absolute Gasteiger partial charge is 0.458 e. The van der Waals surface area contributed by atoms with Crippen molar-refractivity contribution in [3.05, 3.63) is 47.7 Å². The van der Waals surface area contributed by atoms with Gasteiger partial charge in [-0.25, -0.2) is 4.79 Å². The van der Waals surface area contributed by atoms with Gasteiger partial charge in [-0.1, -0.05) is 30.3 Å². The summed E-state index contributed by atoms with van der Waals surface area (Å²) >= 11 is 0. The third kappa shape index (κ3) is 3.76. The Morgan fingerprint density at radius 1 is 1.43 bits per heavy atom. The molecule has 0 amide bonds. The quantitative estimate of drug-likeness (QED) is 0.583. The molecule has 0 aliphatic carbocycles. The average molecular weight is 191 g/mol. The molecule has 3 heteroatoms. The Morgan fingerprint density at radius 3 is 2.64 bits per heavy atom. The lowest BCUT2D eigenvalue weighted by atomic mass is 10.2. The van der Waals surface area contributed by atoms with Crippen LogP contribution in [0, 0.1) is 0 Å². The van der Waals surface area contributed by atoms with Gasteiger partial charge in [0.25, 0.3) is 0 Å². The Labute approximate surface area is 83.2 Å². The molecule has 0 fully saturated rings. The fourth-order valence-electron chi connectivity index (χ4n) is 0.956. The van der Waals surface area contributed by atoms with E-state index in [1.807, 2.05) is 30.3 Å². The zero-order valence-corrected chi connectivity index (χ0v) is 8.07. The summed E-state index contributed by atoms with van der Waals surface area (Å²) in [5.74, 6) is -0.408. The van der Waals surface area contributed by atoms with Gasteiger partial charge in [-0.05, 0) is 12.5 Å². The molecule has 1 rings (SSSR count). The molecule has 1 aromatic rings. The van der Waals surface area contributed by atoms with Crippen LogP contribution in [-0.2, 0) is 16.1 Å². The van der Waals surface area contributed by atoms with Crippen molar-refractivity contribution in [3.63, 3.8) is 0 Å². The minimum absolute atomic E-state index is 0.281. The molecule has 0 aliphatic heterocycles. The molecule has 0 aromatic heterocycles. The van der Waals surface area contributed by atoms with Gasteiger partial charge in [-0.15, -0.1) is 0 Å². The molecule has 0 spiro atoms. The van der Waals surface area contributed by atoms with Crippen LogP contribution in [0.2, 0.25) is 0 Å². The molecule has 0 radical (unpaired) electrons. The van der Waals surface area contributed by atoms with E-state index in [0.29, 0.717) is 5.70 Å². The molecule has 0 saturated carbocycles. The first-order chi connectivity index (χ1) is 6.68. The number of carbonyl (C=O) groups excluding carboxylic acids is 1. The molecule has 14 heavy (non-hydrogen) atoms. The summed E-state index contributed by atoms with van der Waals surface area (Å²) in [5.41, 5.74) is 6.73. The van der Waals surface area contributed by atoms with Gasteiger partial charge >= 0.3 is 5.97 Å². The maximum atomic E-state index is 11.0. The zero-order valence-electron chi connectivity index (χ0n) is 8.07. The van der Waals surface area contributed by atoms with Crippen LogP contribution in [0.4, 0.5) is 0 Å². The lowest BCUT2D eigenvalue weighted by Gasteiger charge is -2.01. The first-order valence-electron chi connectivity index (χ1n) is 4.33. The van der Waals surface area contributed by atoms with Gasteiger partial charge in [0.2, 0.25) is 0 Å². The third-order valence-corrected chi connectivity index (χ3v) is 1.57. The van der Waals surface area contributed by atoms with Crippen molar-refractivity contribution in [2.45, 2.75) is 13.5 Å². The fourth-order valence-corrected chi connectivity index (χ4v) is 0.956. The monoisotopic (exact) mass is 191 g/mol. The van der Waals surface area contributed by atoms with Crippen LogP contribution in [0.5, 0.6) is 0 Å². The molecule has 1 aromatic carbocycles. The Hall–Kier alpha value is -1.77. The summed E-state index contributed by atoms with van der Waals surface area (Å²) in [4.78, 5) is 11.0. The predicted molar refractivity (Wildman–Crippen MR) is 54.2 cm³/mol. The molecule has 0 bridgehead atoms. The molecule has 0 aliphatic rings. The van der Waals surface area contributed by atoms with E-state index >= 15 is 0 Å². The van der Waals surface area contributed by atoms with Crippen molar-refractivity contribution >= 4 is 5.97 Å². The van der Waals surface area contributed by atoms with Gasteiger partial charge in [-0.3, -0.25) is 0 Å². The van der Waals surface area contributed by atoms with E-state index in [0.717, 1.165) is 5.56 Å². The third-order valence-electron chi connectivity index (χ3n) is 1.57. The maximum absolute atomic E-state index is 11.0. The average Bonchev–Trinajstić information content (AvgIpc) is 2.15. The zero-order chi connectivity index (χ0) is 10.4. The van der Waals surface area contributed by atoms with Crippen molar-refractivity contribution in [3.8, 4) is 0 Å². The Kier molecular flexibility index (Phi) is 3.73. The number of carbonyl (C=O) groups is 1. The fraction of sp³-hybridized carbons (Fsp3) is 0.182. The smallest absolute Gasteiger partial charge is 0.332 e. The van der Waals surface area contributed by atoms with Crippen molar-refractivity contribution in [2.24, 2.45) is 5.73 Å². The number of hydrogen-bond donors (Lipinski definition) is 1. The van der Waals surface area contributed by atoms with E-state index in [4.69, 9.17) is 10.5 Å². The van der Waals surface area contributed by atoms with Crippen molar-refractivity contribution < 1.29 is 9.53 Å². The van der Waals surface area contributed by atoms with E-state index in [1.54, 1.807) is 6.92 Å². The number of esters is 1. The molecule has 0 atom stereocenters. The summed E-state index contributed by atoms with van der Waals surface area (Å²) in [6.45, 7) is 1.92. The second-order valence-electron chi connectivity index (χ2n) is 2.98. The summed E-state index contributed by atoms with van der Waals surface area (Å²) in [6.07, 6.45) is 1.27. The minimum Gasteiger partial charge on any atom is -0.458 e. The highest BCUT2D eigenvalue weighted by Gasteiger charge is 1.98. The lowest BCUT2D eigenvalue weighted by Crippen LogP contribution is -2.04. The number of rotatable bonds is 3. The van der Waals surface area contributed by atoms with Crippen LogP contribution in [0.3, 0.4) is 0 Å². The highest BCUT2D eigenvalue weighted by atomic mass is 16.5. The van der Waals surface area contributed by atoms with Crippen molar-refractivity contribution in [1.82, 2.24) is 0 Å². The molecule has 0 saturated heterocycles. The summed E-state index contributed by atoms with van der Waals surface area (Å²) < 4.78 is 4.94.